The highest BCUT2D eigenvalue weighted by molar-refractivity contribution is 6.30. The molecular weight excluding hydrogens is 252 g/mol. The highest BCUT2D eigenvalue weighted by Crippen LogP contribution is 2.22. The lowest BCUT2D eigenvalue weighted by Crippen LogP contribution is -2.21. The summed E-state index contributed by atoms with van der Waals surface area (Å²) in [7, 11) is 0. The van der Waals surface area contributed by atoms with Crippen molar-refractivity contribution in [3.05, 3.63) is 46.1 Å². The summed E-state index contributed by atoms with van der Waals surface area (Å²) in [6, 6.07) is 7.44. The van der Waals surface area contributed by atoms with Crippen LogP contribution in [0, 0.1) is 0 Å². The summed E-state index contributed by atoms with van der Waals surface area (Å²) in [5.41, 5.74) is 3.15. The van der Waals surface area contributed by atoms with Gasteiger partial charge in [0.2, 0.25) is 0 Å². The Morgan fingerprint density at radius 1 is 1.28 bits per heavy atom. The summed E-state index contributed by atoms with van der Waals surface area (Å²) in [5.74, 6) is -0.298. The van der Waals surface area contributed by atoms with E-state index in [0.29, 0.717) is 23.8 Å². The quantitative estimate of drug-likeness (QED) is 0.781. The molecule has 18 heavy (non-hydrogen) atoms. The van der Waals surface area contributed by atoms with Gasteiger partial charge in [-0.05, 0) is 12.1 Å². The molecular formula is C13H11ClN2O2. The Bertz CT molecular complexity index is 561. The lowest BCUT2D eigenvalue weighted by molar-refractivity contribution is -0.136. The molecule has 2 aliphatic rings. The molecule has 0 aromatic heterocycles. The maximum atomic E-state index is 11.6. The van der Waals surface area contributed by atoms with Crippen molar-refractivity contribution in [3.63, 3.8) is 0 Å². The molecule has 0 amide bonds. The van der Waals surface area contributed by atoms with Crippen LogP contribution in [0.2, 0.25) is 5.02 Å². The molecule has 0 unspecified atom stereocenters. The summed E-state index contributed by atoms with van der Waals surface area (Å²) < 4.78 is 5.05. The molecule has 0 fully saturated rings. The van der Waals surface area contributed by atoms with Gasteiger partial charge < -0.3 is 10.1 Å². The normalized spacial score (nSPS) is 18.7. The van der Waals surface area contributed by atoms with Gasteiger partial charge in [0.05, 0.1) is 12.3 Å². The van der Waals surface area contributed by atoms with Gasteiger partial charge in [-0.3, -0.25) is 4.99 Å². The molecule has 4 nitrogen and oxygen atoms in total. The number of halogens is 1. The first-order valence-corrected chi connectivity index (χ1v) is 6.08. The lowest BCUT2D eigenvalue weighted by atomic mass is 10.0. The van der Waals surface area contributed by atoms with E-state index >= 15 is 0 Å². The SMILES string of the molecule is O=C1OCC2=C1NCCN=C2c1ccc(Cl)cc1. The predicted octanol–water partition coefficient (Wildman–Crippen LogP) is 1.54. The molecule has 3 rings (SSSR count). The predicted molar refractivity (Wildman–Crippen MR) is 68.8 cm³/mol. The van der Waals surface area contributed by atoms with Gasteiger partial charge in [-0.25, -0.2) is 4.79 Å². The molecule has 0 saturated carbocycles. The van der Waals surface area contributed by atoms with Gasteiger partial charge in [0.25, 0.3) is 0 Å². The summed E-state index contributed by atoms with van der Waals surface area (Å²) in [6.07, 6.45) is 0. The second-order valence-electron chi connectivity index (χ2n) is 4.09. The van der Waals surface area contributed by atoms with E-state index in [1.165, 1.54) is 0 Å². The smallest absolute Gasteiger partial charge is 0.355 e. The Kier molecular flexibility index (Phi) is 2.80. The second-order valence-corrected chi connectivity index (χ2v) is 4.53. The number of carbonyl (C=O) groups is 1. The van der Waals surface area contributed by atoms with Gasteiger partial charge in [-0.15, -0.1) is 0 Å². The van der Waals surface area contributed by atoms with Crippen molar-refractivity contribution in [3.8, 4) is 0 Å². The maximum Gasteiger partial charge on any atom is 0.355 e. The van der Waals surface area contributed by atoms with E-state index in [-0.39, 0.29) is 12.6 Å². The maximum absolute atomic E-state index is 11.6. The molecule has 0 aliphatic carbocycles. The number of benzene rings is 1. The summed E-state index contributed by atoms with van der Waals surface area (Å²) in [6.45, 7) is 1.56. The Labute approximate surface area is 109 Å². The topological polar surface area (TPSA) is 50.7 Å². The fourth-order valence-corrected chi connectivity index (χ4v) is 2.21. The van der Waals surface area contributed by atoms with Crippen molar-refractivity contribution >= 4 is 23.3 Å². The van der Waals surface area contributed by atoms with Gasteiger partial charge in [-0.2, -0.15) is 0 Å². The fraction of sp³-hybridized carbons (Fsp3) is 0.231. The van der Waals surface area contributed by atoms with Crippen LogP contribution in [0.25, 0.3) is 0 Å². The highest BCUT2D eigenvalue weighted by Gasteiger charge is 2.29. The minimum atomic E-state index is -0.298. The first-order valence-electron chi connectivity index (χ1n) is 5.70. The standard InChI is InChI=1S/C13H11ClN2O2/c14-9-3-1-8(2-4-9)11-10-7-18-13(17)12(10)16-6-5-15-11/h1-4,16H,5-7H2. The van der Waals surface area contributed by atoms with Gasteiger partial charge in [-0.1, -0.05) is 23.7 Å². The van der Waals surface area contributed by atoms with Crippen LogP contribution in [-0.2, 0) is 9.53 Å². The molecule has 1 aromatic carbocycles. The summed E-state index contributed by atoms with van der Waals surface area (Å²) >= 11 is 5.87. The molecule has 2 aliphatic heterocycles. The van der Waals surface area contributed by atoms with Crippen LogP contribution in [-0.4, -0.2) is 31.4 Å². The Morgan fingerprint density at radius 2 is 2.06 bits per heavy atom. The van der Waals surface area contributed by atoms with Crippen molar-refractivity contribution in [2.24, 2.45) is 4.99 Å². The minimum absolute atomic E-state index is 0.280. The van der Waals surface area contributed by atoms with Gasteiger partial charge in [0.1, 0.15) is 12.3 Å². The molecule has 2 heterocycles. The number of carbonyl (C=O) groups excluding carboxylic acids is 1. The average Bonchev–Trinajstić information content (AvgIpc) is 2.62. The van der Waals surface area contributed by atoms with Crippen LogP contribution >= 0.6 is 11.6 Å². The number of nitrogens with zero attached hydrogens (tertiary/aromatic N) is 1. The number of rotatable bonds is 1. The van der Waals surface area contributed by atoms with Gasteiger partial charge in [0, 0.05) is 22.7 Å². The zero-order valence-corrected chi connectivity index (χ0v) is 10.3. The number of nitrogens with one attached hydrogen (secondary N) is 1. The fourth-order valence-electron chi connectivity index (χ4n) is 2.09. The zero-order chi connectivity index (χ0) is 12.5. The van der Waals surface area contributed by atoms with Crippen molar-refractivity contribution in [1.82, 2.24) is 5.32 Å². The van der Waals surface area contributed by atoms with Crippen LogP contribution in [0.1, 0.15) is 5.56 Å². The first-order chi connectivity index (χ1) is 8.75. The summed E-state index contributed by atoms with van der Waals surface area (Å²) in [4.78, 5) is 16.1. The van der Waals surface area contributed by atoms with E-state index in [1.54, 1.807) is 0 Å². The third kappa shape index (κ3) is 1.88. The number of ether oxygens (including phenoxy) is 1. The molecule has 0 atom stereocenters. The van der Waals surface area contributed by atoms with E-state index in [9.17, 15) is 4.79 Å². The molecule has 92 valence electrons. The Morgan fingerprint density at radius 3 is 2.83 bits per heavy atom. The van der Waals surface area contributed by atoms with Crippen molar-refractivity contribution in [1.29, 1.82) is 0 Å². The van der Waals surface area contributed by atoms with E-state index in [2.05, 4.69) is 10.3 Å². The van der Waals surface area contributed by atoms with Crippen molar-refractivity contribution in [2.75, 3.05) is 19.7 Å². The second kappa shape index (κ2) is 4.46. The number of cyclic esters (lactones) is 1. The third-order valence-electron chi connectivity index (χ3n) is 2.94. The van der Waals surface area contributed by atoms with Crippen molar-refractivity contribution in [2.45, 2.75) is 0 Å². The molecule has 0 spiro atoms. The number of aliphatic imine (C=N–C) groups is 1. The van der Waals surface area contributed by atoms with Crippen LogP contribution < -0.4 is 5.32 Å². The minimum Gasteiger partial charge on any atom is -0.456 e. The van der Waals surface area contributed by atoms with E-state index in [1.807, 2.05) is 24.3 Å². The largest absolute Gasteiger partial charge is 0.456 e. The molecule has 0 radical (unpaired) electrons. The molecule has 1 aromatic rings. The Hall–Kier alpha value is -1.81. The van der Waals surface area contributed by atoms with Crippen LogP contribution in [0.15, 0.2) is 40.5 Å². The van der Waals surface area contributed by atoms with Crippen molar-refractivity contribution < 1.29 is 9.53 Å². The number of hydrogen-bond acceptors (Lipinski definition) is 4. The highest BCUT2D eigenvalue weighted by atomic mass is 35.5. The van der Waals surface area contributed by atoms with E-state index < -0.39 is 0 Å². The number of esters is 1. The Balaban J connectivity index is 2.06. The monoisotopic (exact) mass is 262 g/mol. The third-order valence-corrected chi connectivity index (χ3v) is 3.19. The zero-order valence-electron chi connectivity index (χ0n) is 9.57. The first kappa shape index (κ1) is 11.3. The summed E-state index contributed by atoms with van der Waals surface area (Å²) in [5, 5.41) is 3.75. The lowest BCUT2D eigenvalue weighted by Gasteiger charge is -2.06. The van der Waals surface area contributed by atoms with E-state index in [4.69, 9.17) is 16.3 Å². The van der Waals surface area contributed by atoms with E-state index in [0.717, 1.165) is 16.8 Å². The van der Waals surface area contributed by atoms with Gasteiger partial charge in [0.15, 0.2) is 0 Å². The number of hydrogen-bond donors (Lipinski definition) is 1. The molecule has 1 N–H and O–H groups in total. The molecule has 0 saturated heterocycles. The van der Waals surface area contributed by atoms with Crippen LogP contribution in [0.5, 0.6) is 0 Å². The average molecular weight is 263 g/mol. The van der Waals surface area contributed by atoms with Gasteiger partial charge >= 0.3 is 5.97 Å². The van der Waals surface area contributed by atoms with Crippen LogP contribution in [0.4, 0.5) is 0 Å². The van der Waals surface area contributed by atoms with Crippen LogP contribution in [0.3, 0.4) is 0 Å². The molecule has 0 bridgehead atoms. The molecule has 5 heteroatoms.